The lowest BCUT2D eigenvalue weighted by Gasteiger charge is -1.98. The van der Waals surface area contributed by atoms with Gasteiger partial charge in [-0.25, -0.2) is 13.8 Å². The molecule has 0 radical (unpaired) electrons. The molecule has 2 nitrogen and oxygen atoms in total. The summed E-state index contributed by atoms with van der Waals surface area (Å²) in [6, 6.07) is 4.15. The van der Waals surface area contributed by atoms with Crippen LogP contribution in [0.3, 0.4) is 0 Å². The van der Waals surface area contributed by atoms with Gasteiger partial charge in [0.15, 0.2) is 6.80 Å². The standard InChI is InChI=1S/C9H8F2N2/c1-6-12-8-3-2-7(11)4-9(8)13(6)5-10/h2-4H,5H2,1H3. The maximum Gasteiger partial charge on any atom is 0.167 e. The van der Waals surface area contributed by atoms with E-state index in [1.165, 1.54) is 16.7 Å². The first kappa shape index (κ1) is 8.16. The van der Waals surface area contributed by atoms with Crippen molar-refractivity contribution in [2.45, 2.75) is 13.7 Å². The number of imidazole rings is 1. The molecule has 13 heavy (non-hydrogen) atoms. The Morgan fingerprint density at radius 3 is 2.92 bits per heavy atom. The fourth-order valence-corrected chi connectivity index (χ4v) is 1.37. The first-order valence-corrected chi connectivity index (χ1v) is 3.90. The van der Waals surface area contributed by atoms with Crippen LogP contribution in [0, 0.1) is 12.7 Å². The summed E-state index contributed by atoms with van der Waals surface area (Å²) in [6.07, 6.45) is 0. The van der Waals surface area contributed by atoms with Crippen molar-refractivity contribution in [1.29, 1.82) is 0 Å². The van der Waals surface area contributed by atoms with Gasteiger partial charge in [-0.05, 0) is 25.1 Å². The molecule has 0 aliphatic rings. The van der Waals surface area contributed by atoms with Crippen molar-refractivity contribution in [2.24, 2.45) is 0 Å². The topological polar surface area (TPSA) is 17.8 Å². The number of aromatic nitrogens is 2. The highest BCUT2D eigenvalue weighted by Crippen LogP contribution is 2.16. The van der Waals surface area contributed by atoms with Gasteiger partial charge in [0.1, 0.15) is 11.6 Å². The van der Waals surface area contributed by atoms with Crippen LogP contribution in [-0.4, -0.2) is 9.55 Å². The molecule has 1 aromatic carbocycles. The van der Waals surface area contributed by atoms with Gasteiger partial charge < -0.3 is 0 Å². The lowest BCUT2D eigenvalue weighted by Crippen LogP contribution is -1.95. The van der Waals surface area contributed by atoms with Crippen molar-refractivity contribution in [3.63, 3.8) is 0 Å². The second kappa shape index (κ2) is 2.80. The molecule has 0 spiro atoms. The van der Waals surface area contributed by atoms with Crippen LogP contribution >= 0.6 is 0 Å². The third-order valence-corrected chi connectivity index (χ3v) is 2.02. The molecule has 2 rings (SSSR count). The Morgan fingerprint density at radius 2 is 2.23 bits per heavy atom. The third kappa shape index (κ3) is 1.18. The number of hydrogen-bond acceptors (Lipinski definition) is 1. The summed E-state index contributed by atoms with van der Waals surface area (Å²) in [5.74, 6) is 0.185. The highest BCUT2D eigenvalue weighted by molar-refractivity contribution is 5.75. The molecule has 0 amide bonds. The molecule has 1 aromatic heterocycles. The monoisotopic (exact) mass is 182 g/mol. The SMILES string of the molecule is Cc1nc2ccc(F)cc2n1CF. The van der Waals surface area contributed by atoms with E-state index in [9.17, 15) is 8.78 Å². The van der Waals surface area contributed by atoms with Gasteiger partial charge in [0.2, 0.25) is 0 Å². The highest BCUT2D eigenvalue weighted by Gasteiger charge is 2.06. The Labute approximate surface area is 73.8 Å². The molecular weight excluding hydrogens is 174 g/mol. The summed E-state index contributed by atoms with van der Waals surface area (Å²) in [5, 5.41) is 0. The summed E-state index contributed by atoms with van der Waals surface area (Å²) in [7, 11) is 0. The number of fused-ring (bicyclic) bond motifs is 1. The Morgan fingerprint density at radius 1 is 1.46 bits per heavy atom. The van der Waals surface area contributed by atoms with Gasteiger partial charge in [-0.15, -0.1) is 0 Å². The van der Waals surface area contributed by atoms with E-state index in [1.54, 1.807) is 13.0 Å². The highest BCUT2D eigenvalue weighted by atomic mass is 19.1. The van der Waals surface area contributed by atoms with Crippen molar-refractivity contribution < 1.29 is 8.78 Å². The molecule has 0 saturated carbocycles. The average molecular weight is 182 g/mol. The normalized spacial score (nSPS) is 11.0. The Bertz CT molecular complexity index is 448. The van der Waals surface area contributed by atoms with E-state index < -0.39 is 6.80 Å². The van der Waals surface area contributed by atoms with Crippen molar-refractivity contribution in [2.75, 3.05) is 0 Å². The predicted octanol–water partition coefficient (Wildman–Crippen LogP) is 2.41. The minimum Gasteiger partial charge on any atom is -0.299 e. The van der Waals surface area contributed by atoms with E-state index in [0.29, 0.717) is 16.9 Å². The largest absolute Gasteiger partial charge is 0.299 e. The lowest BCUT2D eigenvalue weighted by atomic mass is 10.3. The van der Waals surface area contributed by atoms with Crippen molar-refractivity contribution >= 4 is 11.0 Å². The second-order valence-corrected chi connectivity index (χ2v) is 2.84. The minimum atomic E-state index is -0.675. The molecule has 1 heterocycles. The van der Waals surface area contributed by atoms with Crippen LogP contribution < -0.4 is 0 Å². The first-order chi connectivity index (χ1) is 6.22. The van der Waals surface area contributed by atoms with E-state index in [0.717, 1.165) is 0 Å². The van der Waals surface area contributed by atoms with Crippen LogP contribution in [0.15, 0.2) is 18.2 Å². The number of alkyl halides is 1. The van der Waals surface area contributed by atoms with E-state index >= 15 is 0 Å². The zero-order chi connectivity index (χ0) is 9.42. The van der Waals surface area contributed by atoms with E-state index in [1.807, 2.05) is 0 Å². The fourth-order valence-electron chi connectivity index (χ4n) is 1.37. The average Bonchev–Trinajstić information content (AvgIpc) is 2.40. The summed E-state index contributed by atoms with van der Waals surface area (Å²) < 4.78 is 26.6. The summed E-state index contributed by atoms with van der Waals surface area (Å²) in [4.78, 5) is 4.08. The Balaban J connectivity index is 2.80. The van der Waals surface area contributed by atoms with Crippen LogP contribution in [0.1, 0.15) is 5.82 Å². The number of hydrogen-bond donors (Lipinski definition) is 0. The van der Waals surface area contributed by atoms with Crippen molar-refractivity contribution in [1.82, 2.24) is 9.55 Å². The van der Waals surface area contributed by atoms with E-state index in [-0.39, 0.29) is 5.82 Å². The Kier molecular flexibility index (Phi) is 1.76. The molecule has 0 N–H and O–H groups in total. The third-order valence-electron chi connectivity index (χ3n) is 2.02. The summed E-state index contributed by atoms with van der Waals surface area (Å²) >= 11 is 0. The van der Waals surface area contributed by atoms with Gasteiger partial charge >= 0.3 is 0 Å². The van der Waals surface area contributed by atoms with Gasteiger partial charge in [-0.2, -0.15) is 0 Å². The number of rotatable bonds is 1. The number of halogens is 2. The minimum absolute atomic E-state index is 0.373. The summed E-state index contributed by atoms with van der Waals surface area (Å²) in [6.45, 7) is 1.02. The molecule has 0 aliphatic carbocycles. The zero-order valence-electron chi connectivity index (χ0n) is 7.09. The molecule has 0 fully saturated rings. The molecule has 68 valence electrons. The van der Waals surface area contributed by atoms with Crippen LogP contribution in [-0.2, 0) is 6.80 Å². The van der Waals surface area contributed by atoms with Gasteiger partial charge in [-0.1, -0.05) is 0 Å². The van der Waals surface area contributed by atoms with Gasteiger partial charge in [0.25, 0.3) is 0 Å². The second-order valence-electron chi connectivity index (χ2n) is 2.84. The number of nitrogens with zero attached hydrogens (tertiary/aromatic N) is 2. The molecule has 0 aliphatic heterocycles. The van der Waals surface area contributed by atoms with Gasteiger partial charge in [0, 0.05) is 0 Å². The van der Waals surface area contributed by atoms with Crippen molar-refractivity contribution in [3.8, 4) is 0 Å². The van der Waals surface area contributed by atoms with Crippen molar-refractivity contribution in [3.05, 3.63) is 29.8 Å². The molecular formula is C9H8F2N2. The smallest absolute Gasteiger partial charge is 0.167 e. The van der Waals surface area contributed by atoms with Crippen LogP contribution in [0.4, 0.5) is 8.78 Å². The van der Waals surface area contributed by atoms with Crippen LogP contribution in [0.2, 0.25) is 0 Å². The van der Waals surface area contributed by atoms with Crippen LogP contribution in [0.5, 0.6) is 0 Å². The van der Waals surface area contributed by atoms with Crippen LogP contribution in [0.25, 0.3) is 11.0 Å². The van der Waals surface area contributed by atoms with E-state index in [4.69, 9.17) is 0 Å². The molecule has 0 unspecified atom stereocenters. The predicted molar refractivity (Wildman–Crippen MR) is 45.5 cm³/mol. The molecule has 0 bridgehead atoms. The Hall–Kier alpha value is -1.45. The number of aryl methyl sites for hydroxylation is 1. The lowest BCUT2D eigenvalue weighted by molar-refractivity contribution is 0.379. The van der Waals surface area contributed by atoms with Gasteiger partial charge in [0.05, 0.1) is 11.0 Å². The number of benzene rings is 1. The summed E-state index contributed by atoms with van der Waals surface area (Å²) in [5.41, 5.74) is 1.12. The molecule has 0 atom stereocenters. The molecule has 0 saturated heterocycles. The van der Waals surface area contributed by atoms with E-state index in [2.05, 4.69) is 4.98 Å². The quantitative estimate of drug-likeness (QED) is 0.662. The molecule has 4 heteroatoms. The maximum absolute atomic E-state index is 12.8. The fraction of sp³-hybridized carbons (Fsp3) is 0.222. The maximum atomic E-state index is 12.8. The molecule has 2 aromatic rings. The zero-order valence-corrected chi connectivity index (χ0v) is 7.09. The van der Waals surface area contributed by atoms with Gasteiger partial charge in [-0.3, -0.25) is 4.57 Å². The first-order valence-electron chi connectivity index (χ1n) is 3.90.